The molecule has 1 saturated heterocycles. The average molecular weight is 299 g/mol. The molecule has 1 rings (SSSR count). The van der Waals surface area contributed by atoms with Gasteiger partial charge in [-0.15, -0.1) is 0 Å². The minimum Gasteiger partial charge on any atom is -0.466 e. The van der Waals surface area contributed by atoms with E-state index in [4.69, 9.17) is 9.47 Å². The number of ether oxygens (including phenoxy) is 2. The molecule has 1 aliphatic heterocycles. The van der Waals surface area contributed by atoms with Crippen LogP contribution in [0, 0.1) is 5.92 Å². The lowest BCUT2D eigenvalue weighted by Gasteiger charge is -2.34. The molecule has 1 heterocycles. The minimum absolute atomic E-state index is 0.127. The van der Waals surface area contributed by atoms with Gasteiger partial charge in [0.2, 0.25) is 0 Å². The predicted octanol–water partition coefficient (Wildman–Crippen LogP) is 3.37. The number of likely N-dealkylation sites (tertiary alicyclic amines) is 1. The fourth-order valence-electron chi connectivity index (χ4n) is 2.56. The molecule has 1 amide bonds. The van der Waals surface area contributed by atoms with Crippen LogP contribution in [0.4, 0.5) is 4.79 Å². The van der Waals surface area contributed by atoms with E-state index in [2.05, 4.69) is 0 Å². The lowest BCUT2D eigenvalue weighted by molar-refractivity contribution is -0.143. The van der Waals surface area contributed by atoms with Gasteiger partial charge in [0.05, 0.1) is 6.61 Å². The van der Waals surface area contributed by atoms with Gasteiger partial charge in [-0.25, -0.2) is 4.79 Å². The number of esters is 1. The van der Waals surface area contributed by atoms with Crippen LogP contribution in [0.2, 0.25) is 0 Å². The summed E-state index contributed by atoms with van der Waals surface area (Å²) in [6.45, 7) is 9.40. The summed E-state index contributed by atoms with van der Waals surface area (Å²) < 4.78 is 10.3. The van der Waals surface area contributed by atoms with Crippen molar-refractivity contribution >= 4 is 12.1 Å². The molecule has 0 aliphatic carbocycles. The van der Waals surface area contributed by atoms with Gasteiger partial charge in [0, 0.05) is 19.5 Å². The second kappa shape index (κ2) is 8.25. The van der Waals surface area contributed by atoms with Crippen molar-refractivity contribution in [3.8, 4) is 0 Å². The number of rotatable bonds is 5. The minimum atomic E-state index is -0.450. The Hall–Kier alpha value is -1.26. The monoisotopic (exact) mass is 299 g/mol. The maximum atomic E-state index is 12.1. The van der Waals surface area contributed by atoms with Gasteiger partial charge in [0.15, 0.2) is 0 Å². The Morgan fingerprint density at radius 1 is 1.29 bits per heavy atom. The van der Waals surface area contributed by atoms with Crippen LogP contribution in [-0.2, 0) is 14.3 Å². The van der Waals surface area contributed by atoms with Gasteiger partial charge in [-0.2, -0.15) is 0 Å². The van der Waals surface area contributed by atoms with Crippen molar-refractivity contribution < 1.29 is 19.1 Å². The summed E-state index contributed by atoms with van der Waals surface area (Å²) in [5, 5.41) is 0. The Bertz CT molecular complexity index is 349. The smallest absolute Gasteiger partial charge is 0.410 e. The number of piperidine rings is 1. The molecule has 0 radical (unpaired) electrons. The number of hydrogen-bond acceptors (Lipinski definition) is 4. The summed E-state index contributed by atoms with van der Waals surface area (Å²) in [7, 11) is 0. The zero-order valence-corrected chi connectivity index (χ0v) is 13.8. The highest BCUT2D eigenvalue weighted by Gasteiger charge is 2.27. The maximum absolute atomic E-state index is 12.1. The van der Waals surface area contributed by atoms with Crippen molar-refractivity contribution in [3.05, 3.63) is 0 Å². The van der Waals surface area contributed by atoms with Gasteiger partial charge in [0.25, 0.3) is 0 Å². The Balaban J connectivity index is 2.32. The van der Waals surface area contributed by atoms with E-state index < -0.39 is 5.60 Å². The second-order valence-corrected chi connectivity index (χ2v) is 6.63. The first-order chi connectivity index (χ1) is 9.81. The van der Waals surface area contributed by atoms with Crippen molar-refractivity contribution in [2.24, 2.45) is 5.92 Å². The molecule has 0 aromatic heterocycles. The van der Waals surface area contributed by atoms with Gasteiger partial charge >= 0.3 is 12.1 Å². The van der Waals surface area contributed by atoms with Gasteiger partial charge in [-0.3, -0.25) is 4.79 Å². The van der Waals surface area contributed by atoms with Crippen LogP contribution in [0.3, 0.4) is 0 Å². The van der Waals surface area contributed by atoms with Crippen molar-refractivity contribution in [1.29, 1.82) is 0 Å². The number of nitrogens with zero attached hydrogens (tertiary/aromatic N) is 1. The standard InChI is InChI=1S/C16H29NO4/c1-5-20-14(18)10-6-8-13-9-7-11-17(12-13)15(19)21-16(2,3)4/h13H,5-12H2,1-4H3. The van der Waals surface area contributed by atoms with Crippen LogP contribution in [-0.4, -0.2) is 42.3 Å². The fourth-order valence-corrected chi connectivity index (χ4v) is 2.56. The molecule has 0 bridgehead atoms. The highest BCUT2D eigenvalue weighted by molar-refractivity contribution is 5.69. The average Bonchev–Trinajstić information content (AvgIpc) is 2.37. The topological polar surface area (TPSA) is 55.8 Å². The number of amides is 1. The predicted molar refractivity (Wildman–Crippen MR) is 81.0 cm³/mol. The third-order valence-electron chi connectivity index (χ3n) is 3.47. The first kappa shape index (κ1) is 17.8. The molecule has 0 aromatic carbocycles. The Labute approximate surface area is 128 Å². The Morgan fingerprint density at radius 2 is 2.00 bits per heavy atom. The van der Waals surface area contributed by atoms with E-state index in [1.165, 1.54) is 0 Å². The molecule has 1 atom stereocenters. The normalized spacial score (nSPS) is 19.2. The number of carbonyl (C=O) groups is 2. The second-order valence-electron chi connectivity index (χ2n) is 6.63. The lowest BCUT2D eigenvalue weighted by Crippen LogP contribution is -2.42. The van der Waals surface area contributed by atoms with Crippen LogP contribution in [0.25, 0.3) is 0 Å². The van der Waals surface area contributed by atoms with E-state index in [0.29, 0.717) is 18.9 Å². The van der Waals surface area contributed by atoms with Gasteiger partial charge in [-0.1, -0.05) is 0 Å². The molecule has 1 aliphatic rings. The molecule has 0 N–H and O–H groups in total. The van der Waals surface area contributed by atoms with Crippen molar-refractivity contribution in [2.75, 3.05) is 19.7 Å². The van der Waals surface area contributed by atoms with Gasteiger partial charge < -0.3 is 14.4 Å². The van der Waals surface area contributed by atoms with Gasteiger partial charge in [0.1, 0.15) is 5.60 Å². The largest absolute Gasteiger partial charge is 0.466 e. The molecule has 1 fully saturated rings. The SMILES string of the molecule is CCOC(=O)CCCC1CCCN(C(=O)OC(C)(C)C)C1. The number of carbonyl (C=O) groups excluding carboxylic acids is 2. The summed E-state index contributed by atoms with van der Waals surface area (Å²) in [6.07, 6.45) is 4.14. The van der Waals surface area contributed by atoms with E-state index in [-0.39, 0.29) is 12.1 Å². The van der Waals surface area contributed by atoms with E-state index in [1.807, 2.05) is 27.7 Å². The fraction of sp³-hybridized carbons (Fsp3) is 0.875. The molecule has 122 valence electrons. The number of hydrogen-bond donors (Lipinski definition) is 0. The van der Waals surface area contributed by atoms with Crippen molar-refractivity contribution in [1.82, 2.24) is 4.90 Å². The quantitative estimate of drug-likeness (QED) is 0.730. The Morgan fingerprint density at radius 3 is 2.62 bits per heavy atom. The van der Waals surface area contributed by atoms with Crippen molar-refractivity contribution in [2.45, 2.75) is 65.4 Å². The highest BCUT2D eigenvalue weighted by atomic mass is 16.6. The lowest BCUT2D eigenvalue weighted by atomic mass is 9.93. The molecular weight excluding hydrogens is 270 g/mol. The van der Waals surface area contributed by atoms with E-state index in [9.17, 15) is 9.59 Å². The van der Waals surface area contributed by atoms with Crippen LogP contribution in [0.15, 0.2) is 0 Å². The summed E-state index contributed by atoms with van der Waals surface area (Å²) in [5.41, 5.74) is -0.450. The zero-order chi connectivity index (χ0) is 15.9. The summed E-state index contributed by atoms with van der Waals surface area (Å²) in [6, 6.07) is 0. The van der Waals surface area contributed by atoms with E-state index >= 15 is 0 Å². The van der Waals surface area contributed by atoms with Crippen molar-refractivity contribution in [3.63, 3.8) is 0 Å². The maximum Gasteiger partial charge on any atom is 0.410 e. The third kappa shape index (κ3) is 7.34. The highest BCUT2D eigenvalue weighted by Crippen LogP contribution is 2.23. The molecule has 5 nitrogen and oxygen atoms in total. The third-order valence-corrected chi connectivity index (χ3v) is 3.47. The molecule has 21 heavy (non-hydrogen) atoms. The zero-order valence-electron chi connectivity index (χ0n) is 13.8. The van der Waals surface area contributed by atoms with Crippen LogP contribution < -0.4 is 0 Å². The molecule has 5 heteroatoms. The van der Waals surface area contributed by atoms with E-state index in [1.54, 1.807) is 4.90 Å². The first-order valence-electron chi connectivity index (χ1n) is 7.95. The first-order valence-corrected chi connectivity index (χ1v) is 7.95. The van der Waals surface area contributed by atoms with Gasteiger partial charge in [-0.05, 0) is 59.3 Å². The molecule has 0 aromatic rings. The van der Waals surface area contributed by atoms with Crippen LogP contribution in [0.1, 0.15) is 59.8 Å². The van der Waals surface area contributed by atoms with Crippen LogP contribution >= 0.6 is 0 Å². The summed E-state index contributed by atoms with van der Waals surface area (Å²) in [5.74, 6) is 0.331. The molecule has 0 saturated carbocycles. The summed E-state index contributed by atoms with van der Waals surface area (Å²) >= 11 is 0. The molecular formula is C16H29NO4. The Kier molecular flexibility index (Phi) is 6.99. The summed E-state index contributed by atoms with van der Waals surface area (Å²) in [4.78, 5) is 25.2. The molecule has 0 spiro atoms. The van der Waals surface area contributed by atoms with Crippen LogP contribution in [0.5, 0.6) is 0 Å². The molecule has 1 unspecified atom stereocenters. The van der Waals surface area contributed by atoms with E-state index in [0.717, 1.165) is 38.8 Å².